The molecule has 1 aliphatic heterocycles. The summed E-state index contributed by atoms with van der Waals surface area (Å²) in [6, 6.07) is 1.89. The van der Waals surface area contributed by atoms with Crippen molar-refractivity contribution in [2.75, 3.05) is 18.0 Å². The molecule has 0 aliphatic carbocycles. The van der Waals surface area contributed by atoms with Crippen LogP contribution in [-0.4, -0.2) is 27.9 Å². The number of anilines is 1. The zero-order valence-electron chi connectivity index (χ0n) is 10.6. The SMILES string of the molecule is Cn1cc([C@@H]2CCN(c3ncc(Cl)cc3Br)C2)cn1. The van der Waals surface area contributed by atoms with Gasteiger partial charge in [0.2, 0.25) is 0 Å². The summed E-state index contributed by atoms with van der Waals surface area (Å²) in [5, 5.41) is 4.90. The number of hydrogen-bond acceptors (Lipinski definition) is 3. The summed E-state index contributed by atoms with van der Waals surface area (Å²) in [5.74, 6) is 1.49. The molecule has 4 nitrogen and oxygen atoms in total. The average Bonchev–Trinajstić information content (AvgIpc) is 2.97. The summed E-state index contributed by atoms with van der Waals surface area (Å²) in [7, 11) is 1.95. The zero-order valence-corrected chi connectivity index (χ0v) is 12.9. The van der Waals surface area contributed by atoms with Gasteiger partial charge >= 0.3 is 0 Å². The second kappa shape index (κ2) is 5.13. The van der Waals surface area contributed by atoms with Gasteiger partial charge in [-0.2, -0.15) is 5.10 Å². The van der Waals surface area contributed by atoms with Gasteiger partial charge in [0.05, 0.1) is 15.7 Å². The van der Waals surface area contributed by atoms with Crippen LogP contribution in [0.4, 0.5) is 5.82 Å². The van der Waals surface area contributed by atoms with E-state index >= 15 is 0 Å². The number of nitrogens with zero attached hydrogens (tertiary/aromatic N) is 4. The van der Waals surface area contributed by atoms with Crippen LogP contribution in [0.3, 0.4) is 0 Å². The van der Waals surface area contributed by atoms with E-state index < -0.39 is 0 Å². The van der Waals surface area contributed by atoms with Gasteiger partial charge in [0, 0.05) is 38.4 Å². The first kappa shape index (κ1) is 12.9. The predicted octanol–water partition coefficient (Wildman–Crippen LogP) is 3.22. The van der Waals surface area contributed by atoms with Crippen molar-refractivity contribution in [3.05, 3.63) is 39.7 Å². The molecule has 1 saturated heterocycles. The smallest absolute Gasteiger partial charge is 0.142 e. The number of hydrogen-bond donors (Lipinski definition) is 0. The van der Waals surface area contributed by atoms with Gasteiger partial charge in [-0.1, -0.05) is 11.6 Å². The summed E-state index contributed by atoms with van der Waals surface area (Å²) >= 11 is 9.46. The molecule has 1 aliphatic rings. The molecule has 2 aromatic heterocycles. The Hall–Kier alpha value is -1.07. The molecule has 0 aromatic carbocycles. The van der Waals surface area contributed by atoms with Gasteiger partial charge in [-0.05, 0) is 34.0 Å². The Morgan fingerprint density at radius 3 is 2.95 bits per heavy atom. The van der Waals surface area contributed by atoms with Gasteiger partial charge in [-0.15, -0.1) is 0 Å². The minimum Gasteiger partial charge on any atom is -0.355 e. The van der Waals surface area contributed by atoms with E-state index in [1.165, 1.54) is 5.56 Å². The molecule has 0 N–H and O–H groups in total. The fourth-order valence-corrected chi connectivity index (χ4v) is 3.41. The van der Waals surface area contributed by atoms with Gasteiger partial charge < -0.3 is 4.90 Å². The van der Waals surface area contributed by atoms with Crippen LogP contribution in [-0.2, 0) is 7.05 Å². The molecule has 0 bridgehead atoms. The van der Waals surface area contributed by atoms with Crippen molar-refractivity contribution in [1.82, 2.24) is 14.8 Å². The summed E-state index contributed by atoms with van der Waals surface area (Å²) in [6.07, 6.45) is 6.87. The highest BCUT2D eigenvalue weighted by Crippen LogP contribution is 2.33. The van der Waals surface area contributed by atoms with Crippen LogP contribution in [0.15, 0.2) is 29.1 Å². The number of rotatable bonds is 2. The summed E-state index contributed by atoms with van der Waals surface area (Å²) in [5.41, 5.74) is 1.30. The molecule has 3 heterocycles. The normalized spacial score (nSPS) is 19.1. The van der Waals surface area contributed by atoms with Crippen LogP contribution in [0, 0.1) is 0 Å². The molecule has 0 saturated carbocycles. The number of aromatic nitrogens is 3. The lowest BCUT2D eigenvalue weighted by Gasteiger charge is -2.18. The summed E-state index contributed by atoms with van der Waals surface area (Å²) in [4.78, 5) is 6.71. The Labute approximate surface area is 125 Å². The van der Waals surface area contributed by atoms with Crippen molar-refractivity contribution in [2.24, 2.45) is 7.05 Å². The zero-order chi connectivity index (χ0) is 13.4. The monoisotopic (exact) mass is 340 g/mol. The number of halogens is 2. The Morgan fingerprint density at radius 2 is 2.26 bits per heavy atom. The fourth-order valence-electron chi connectivity index (χ4n) is 2.52. The van der Waals surface area contributed by atoms with Crippen LogP contribution in [0.5, 0.6) is 0 Å². The van der Waals surface area contributed by atoms with Crippen LogP contribution in [0.1, 0.15) is 17.9 Å². The van der Waals surface area contributed by atoms with Crippen molar-refractivity contribution in [1.29, 1.82) is 0 Å². The van der Waals surface area contributed by atoms with E-state index in [-0.39, 0.29) is 0 Å². The third kappa shape index (κ3) is 2.62. The molecule has 0 amide bonds. The standard InChI is InChI=1S/C13H14BrClN4/c1-18-7-10(5-17-18)9-2-3-19(8-9)13-12(14)4-11(15)6-16-13/h4-7,9H,2-3,8H2,1H3/t9-/m1/s1. The molecule has 1 atom stereocenters. The number of pyridine rings is 1. The van der Waals surface area contributed by atoms with E-state index in [0.29, 0.717) is 10.9 Å². The first-order chi connectivity index (χ1) is 9.13. The Balaban J connectivity index is 1.78. The van der Waals surface area contributed by atoms with Crippen molar-refractivity contribution in [3.63, 3.8) is 0 Å². The van der Waals surface area contributed by atoms with E-state index in [1.54, 1.807) is 6.20 Å². The second-order valence-corrected chi connectivity index (χ2v) is 6.13. The lowest BCUT2D eigenvalue weighted by atomic mass is 10.0. The number of aryl methyl sites for hydroxylation is 1. The summed E-state index contributed by atoms with van der Waals surface area (Å²) < 4.78 is 2.81. The van der Waals surface area contributed by atoms with Gasteiger partial charge in [0.1, 0.15) is 5.82 Å². The molecule has 2 aromatic rings. The molecule has 19 heavy (non-hydrogen) atoms. The van der Waals surface area contributed by atoms with Crippen molar-refractivity contribution >= 4 is 33.3 Å². The highest BCUT2D eigenvalue weighted by Gasteiger charge is 2.26. The highest BCUT2D eigenvalue weighted by atomic mass is 79.9. The first-order valence-corrected chi connectivity index (χ1v) is 7.35. The molecule has 100 valence electrons. The first-order valence-electron chi connectivity index (χ1n) is 6.18. The van der Waals surface area contributed by atoms with E-state index in [9.17, 15) is 0 Å². The van der Waals surface area contributed by atoms with Gasteiger partial charge in [0.15, 0.2) is 0 Å². The lowest BCUT2D eigenvalue weighted by molar-refractivity contribution is 0.754. The fraction of sp³-hybridized carbons (Fsp3) is 0.385. The predicted molar refractivity (Wildman–Crippen MR) is 79.7 cm³/mol. The van der Waals surface area contributed by atoms with Crippen molar-refractivity contribution in [3.8, 4) is 0 Å². The Bertz CT molecular complexity index is 598. The topological polar surface area (TPSA) is 34.0 Å². The minimum atomic E-state index is 0.526. The molecule has 0 unspecified atom stereocenters. The molecular weight excluding hydrogens is 328 g/mol. The summed E-state index contributed by atoms with van der Waals surface area (Å²) in [6.45, 7) is 1.98. The third-order valence-electron chi connectivity index (χ3n) is 3.47. The van der Waals surface area contributed by atoms with Crippen LogP contribution in [0.2, 0.25) is 5.02 Å². The molecule has 3 rings (SSSR count). The molecule has 0 radical (unpaired) electrons. The highest BCUT2D eigenvalue weighted by molar-refractivity contribution is 9.10. The molecule has 0 spiro atoms. The van der Waals surface area contributed by atoms with E-state index in [4.69, 9.17) is 11.6 Å². The van der Waals surface area contributed by atoms with Crippen LogP contribution in [0.25, 0.3) is 0 Å². The van der Waals surface area contributed by atoms with Gasteiger partial charge in [0.25, 0.3) is 0 Å². The van der Waals surface area contributed by atoms with E-state index in [2.05, 4.69) is 37.1 Å². The van der Waals surface area contributed by atoms with Crippen LogP contribution >= 0.6 is 27.5 Å². The van der Waals surface area contributed by atoms with E-state index in [0.717, 1.165) is 29.8 Å². The largest absolute Gasteiger partial charge is 0.355 e. The third-order valence-corrected chi connectivity index (χ3v) is 4.26. The maximum absolute atomic E-state index is 5.93. The minimum absolute atomic E-state index is 0.526. The van der Waals surface area contributed by atoms with Crippen molar-refractivity contribution < 1.29 is 0 Å². The molecular formula is C13H14BrClN4. The quantitative estimate of drug-likeness (QED) is 0.841. The molecule has 1 fully saturated rings. The maximum atomic E-state index is 5.93. The Kier molecular flexibility index (Phi) is 3.50. The maximum Gasteiger partial charge on any atom is 0.142 e. The average molecular weight is 342 g/mol. The van der Waals surface area contributed by atoms with E-state index in [1.807, 2.05) is 24.0 Å². The molecule has 6 heteroatoms. The lowest BCUT2D eigenvalue weighted by Crippen LogP contribution is -2.20. The second-order valence-electron chi connectivity index (χ2n) is 4.84. The van der Waals surface area contributed by atoms with Crippen molar-refractivity contribution in [2.45, 2.75) is 12.3 Å². The Morgan fingerprint density at radius 1 is 1.42 bits per heavy atom. The van der Waals surface area contributed by atoms with Crippen LogP contribution < -0.4 is 4.90 Å². The van der Waals surface area contributed by atoms with Gasteiger partial charge in [-0.3, -0.25) is 4.68 Å². The van der Waals surface area contributed by atoms with Gasteiger partial charge in [-0.25, -0.2) is 4.98 Å².